The summed E-state index contributed by atoms with van der Waals surface area (Å²) in [6, 6.07) is 4.66. The van der Waals surface area contributed by atoms with Gasteiger partial charge in [0.2, 0.25) is 0 Å². The molecule has 1 unspecified atom stereocenters. The number of aromatic nitrogens is 2. The molecule has 1 atom stereocenters. The number of anilines is 2. The lowest BCUT2D eigenvalue weighted by Gasteiger charge is -2.14. The Morgan fingerprint density at radius 2 is 2.09 bits per heavy atom. The van der Waals surface area contributed by atoms with Crippen LogP contribution in [0.3, 0.4) is 0 Å². The van der Waals surface area contributed by atoms with Crippen molar-refractivity contribution in [3.8, 4) is 0 Å². The molecular weight excluding hydrogens is 426 g/mol. The molecule has 0 spiro atoms. The van der Waals surface area contributed by atoms with Crippen LogP contribution in [0, 0.1) is 6.92 Å². The lowest BCUT2D eigenvalue weighted by atomic mass is 10.0. The molecule has 2 aromatic rings. The molecule has 2 aromatic heterocycles. The van der Waals surface area contributed by atoms with Gasteiger partial charge in [0.25, 0.3) is 0 Å². The van der Waals surface area contributed by atoms with Crippen LogP contribution in [0.25, 0.3) is 6.08 Å². The van der Waals surface area contributed by atoms with E-state index < -0.39 is 0 Å². The third-order valence-electron chi connectivity index (χ3n) is 5.37. The minimum absolute atomic E-state index is 0.516. The van der Waals surface area contributed by atoms with Crippen LogP contribution in [0.4, 0.5) is 10.9 Å². The standard InChI is InChI=1S/C27H39N5S/c1-8-9-10-11-21(5)30-17-23-14-15-29-26(16-23)32-27-31-25(22(6)33-27)13-12-20(4)24(18-28-7)19(2)3/h12-16,18,21,30H,4,8-11,17H2,1-3,5-7H3,(H,29,31,32)/b13-12-,28-18-. The maximum atomic E-state index is 4.75. The summed E-state index contributed by atoms with van der Waals surface area (Å²) in [6.45, 7) is 15.7. The molecule has 178 valence electrons. The largest absolute Gasteiger partial charge is 0.316 e. The first-order valence-electron chi connectivity index (χ1n) is 11.7. The van der Waals surface area contributed by atoms with Gasteiger partial charge in [-0.1, -0.05) is 44.4 Å². The highest BCUT2D eigenvalue weighted by atomic mass is 32.1. The molecule has 33 heavy (non-hydrogen) atoms. The third-order valence-corrected chi connectivity index (χ3v) is 6.27. The number of pyridine rings is 1. The number of rotatable bonds is 13. The number of hydrogen-bond donors (Lipinski definition) is 2. The molecule has 0 bridgehead atoms. The highest BCUT2D eigenvalue weighted by molar-refractivity contribution is 7.15. The van der Waals surface area contributed by atoms with Gasteiger partial charge in [-0.3, -0.25) is 4.99 Å². The van der Waals surface area contributed by atoms with Gasteiger partial charge in [0.1, 0.15) is 5.82 Å². The Bertz CT molecular complexity index is 996. The number of allylic oxidation sites excluding steroid dienone is 4. The summed E-state index contributed by atoms with van der Waals surface area (Å²) in [5.74, 6) is 0.813. The van der Waals surface area contributed by atoms with Crippen molar-refractivity contribution in [1.29, 1.82) is 0 Å². The summed E-state index contributed by atoms with van der Waals surface area (Å²) in [5.41, 5.74) is 5.31. The average Bonchev–Trinajstić information content (AvgIpc) is 3.13. The summed E-state index contributed by atoms with van der Waals surface area (Å²) >= 11 is 1.62. The van der Waals surface area contributed by atoms with Crippen molar-refractivity contribution in [2.75, 3.05) is 12.4 Å². The molecule has 2 heterocycles. The number of aliphatic imine (C=N–C) groups is 1. The van der Waals surface area contributed by atoms with Gasteiger partial charge in [-0.2, -0.15) is 0 Å². The average molecular weight is 466 g/mol. The zero-order valence-corrected chi connectivity index (χ0v) is 21.9. The number of unbranched alkanes of at least 4 members (excludes halogenated alkanes) is 2. The first-order chi connectivity index (χ1) is 15.8. The molecule has 0 aliphatic rings. The van der Waals surface area contributed by atoms with Crippen LogP contribution in [-0.2, 0) is 6.54 Å². The second kappa shape index (κ2) is 13.9. The first kappa shape index (κ1) is 26.7. The minimum Gasteiger partial charge on any atom is -0.316 e. The van der Waals surface area contributed by atoms with E-state index in [1.165, 1.54) is 36.8 Å². The molecule has 0 radical (unpaired) electrons. The smallest absolute Gasteiger partial charge is 0.189 e. The molecule has 5 nitrogen and oxygen atoms in total. The number of hydrogen-bond acceptors (Lipinski definition) is 6. The van der Waals surface area contributed by atoms with E-state index in [9.17, 15) is 0 Å². The molecule has 0 fully saturated rings. The number of aryl methyl sites for hydroxylation is 1. The Kier molecular flexibility index (Phi) is 11.2. The molecule has 0 saturated carbocycles. The van der Waals surface area contributed by atoms with Crippen molar-refractivity contribution in [1.82, 2.24) is 15.3 Å². The van der Waals surface area contributed by atoms with Crippen molar-refractivity contribution in [3.05, 3.63) is 63.8 Å². The fraction of sp³-hybridized carbons (Fsp3) is 0.444. The highest BCUT2D eigenvalue weighted by Gasteiger charge is 2.08. The molecule has 2 rings (SSSR count). The Labute approximate surface area is 203 Å². The zero-order chi connectivity index (χ0) is 24.2. The molecule has 0 aliphatic heterocycles. The third kappa shape index (κ3) is 9.06. The minimum atomic E-state index is 0.516. The Hall–Kier alpha value is -2.57. The Morgan fingerprint density at radius 3 is 2.79 bits per heavy atom. The zero-order valence-electron chi connectivity index (χ0n) is 21.0. The number of nitrogens with one attached hydrogen (secondary N) is 2. The summed E-state index contributed by atoms with van der Waals surface area (Å²) in [5, 5.41) is 7.82. The van der Waals surface area contributed by atoms with Crippen molar-refractivity contribution in [2.45, 2.75) is 72.9 Å². The number of thiazole rings is 1. The normalized spacial score (nSPS) is 12.4. The van der Waals surface area contributed by atoms with Crippen molar-refractivity contribution >= 4 is 34.6 Å². The molecular formula is C27H39N5S. The molecule has 0 saturated heterocycles. The van der Waals surface area contributed by atoms with E-state index in [4.69, 9.17) is 4.98 Å². The maximum absolute atomic E-state index is 4.75. The van der Waals surface area contributed by atoms with E-state index in [1.807, 2.05) is 24.6 Å². The number of nitrogens with zero attached hydrogens (tertiary/aromatic N) is 3. The molecule has 0 aromatic carbocycles. The van der Waals surface area contributed by atoms with Gasteiger partial charge in [-0.05, 0) is 69.0 Å². The summed E-state index contributed by atoms with van der Waals surface area (Å²) in [4.78, 5) is 14.5. The van der Waals surface area contributed by atoms with Crippen LogP contribution >= 0.6 is 11.3 Å². The van der Waals surface area contributed by atoms with Crippen molar-refractivity contribution in [3.63, 3.8) is 0 Å². The molecule has 0 amide bonds. The van der Waals surface area contributed by atoms with Crippen LogP contribution < -0.4 is 10.6 Å². The van der Waals surface area contributed by atoms with Gasteiger partial charge in [-0.15, -0.1) is 11.3 Å². The lowest BCUT2D eigenvalue weighted by molar-refractivity contribution is 0.487. The van der Waals surface area contributed by atoms with E-state index in [0.29, 0.717) is 6.04 Å². The monoisotopic (exact) mass is 465 g/mol. The van der Waals surface area contributed by atoms with Crippen LogP contribution in [-0.4, -0.2) is 29.3 Å². The van der Waals surface area contributed by atoms with Gasteiger partial charge in [0.15, 0.2) is 5.13 Å². The van der Waals surface area contributed by atoms with Gasteiger partial charge >= 0.3 is 0 Å². The lowest BCUT2D eigenvalue weighted by Crippen LogP contribution is -2.25. The highest BCUT2D eigenvalue weighted by Crippen LogP contribution is 2.26. The van der Waals surface area contributed by atoms with Gasteiger partial charge in [0, 0.05) is 36.9 Å². The second-order valence-corrected chi connectivity index (χ2v) is 9.78. The van der Waals surface area contributed by atoms with E-state index in [1.54, 1.807) is 18.4 Å². The predicted octanol–water partition coefficient (Wildman–Crippen LogP) is 7.25. The quantitative estimate of drug-likeness (QED) is 0.186. The molecule has 0 aliphatic carbocycles. The summed E-state index contributed by atoms with van der Waals surface area (Å²) in [7, 11) is 1.77. The fourth-order valence-corrected chi connectivity index (χ4v) is 4.21. The van der Waals surface area contributed by atoms with Gasteiger partial charge in [0.05, 0.1) is 5.69 Å². The second-order valence-electron chi connectivity index (χ2n) is 8.57. The van der Waals surface area contributed by atoms with Crippen molar-refractivity contribution < 1.29 is 0 Å². The maximum Gasteiger partial charge on any atom is 0.189 e. The van der Waals surface area contributed by atoms with Gasteiger partial charge < -0.3 is 10.6 Å². The van der Waals surface area contributed by atoms with E-state index in [2.05, 4.69) is 73.9 Å². The summed E-state index contributed by atoms with van der Waals surface area (Å²) in [6.07, 6.45) is 12.8. The van der Waals surface area contributed by atoms with Crippen LogP contribution in [0.15, 0.2) is 52.7 Å². The fourth-order valence-electron chi connectivity index (χ4n) is 3.40. The SMILES string of the molecule is C=C(/C=C\c1nc(Nc2cc(CNC(C)CCCCC)ccn2)sc1C)C(/C=N\C)=C(C)C. The van der Waals surface area contributed by atoms with E-state index in [-0.39, 0.29) is 0 Å². The predicted molar refractivity (Wildman–Crippen MR) is 146 cm³/mol. The van der Waals surface area contributed by atoms with E-state index >= 15 is 0 Å². The van der Waals surface area contributed by atoms with E-state index in [0.717, 1.165) is 39.2 Å². The molecule has 2 N–H and O–H groups in total. The summed E-state index contributed by atoms with van der Waals surface area (Å²) < 4.78 is 0. The topological polar surface area (TPSA) is 62.2 Å². The van der Waals surface area contributed by atoms with Crippen LogP contribution in [0.2, 0.25) is 0 Å². The Balaban J connectivity index is 2.01. The van der Waals surface area contributed by atoms with Crippen LogP contribution in [0.5, 0.6) is 0 Å². The molecule has 6 heteroatoms. The first-order valence-corrected chi connectivity index (χ1v) is 12.5. The van der Waals surface area contributed by atoms with Crippen molar-refractivity contribution in [2.24, 2.45) is 4.99 Å². The van der Waals surface area contributed by atoms with Gasteiger partial charge in [-0.25, -0.2) is 9.97 Å². The van der Waals surface area contributed by atoms with Crippen LogP contribution in [0.1, 0.15) is 69.5 Å². The Morgan fingerprint density at radius 1 is 1.30 bits per heavy atom.